The Morgan fingerprint density at radius 1 is 1.26 bits per heavy atom. The first kappa shape index (κ1) is 34.2. The molecule has 3 atom stereocenters. The molecule has 3 rings (SSSR count). The number of carbonyl (C=O) groups excluding carboxylic acids is 3. The standard InChI is InChI=1S/C32H38FIN2O7/c1-3-4-5-6-10-29(39)36(13-11-21-8-7-9-24(33)15-21)26-18-23(32(41)35-12-14-37)19-27(30(26)40)43-31-25(34)16-22(20-38)17-28(31)42-2/h3,7-9,15-17,19-20,26-27,30,37,40H,1,4-6,10-14,18H2,2H3,(H,35,41)/t26-,27+,30+/m1/s1. The molecule has 0 unspecified atom stereocenters. The van der Waals surface area contributed by atoms with Gasteiger partial charge in [0.25, 0.3) is 0 Å². The molecule has 232 valence electrons. The Kier molecular flexibility index (Phi) is 13.6. The summed E-state index contributed by atoms with van der Waals surface area (Å²) in [6.07, 6.45) is 4.42. The van der Waals surface area contributed by atoms with Crippen molar-refractivity contribution in [3.8, 4) is 11.5 Å². The predicted molar refractivity (Wildman–Crippen MR) is 169 cm³/mol. The Labute approximate surface area is 264 Å². The lowest BCUT2D eigenvalue weighted by atomic mass is 9.87. The molecule has 0 saturated heterocycles. The Morgan fingerprint density at radius 3 is 2.72 bits per heavy atom. The van der Waals surface area contributed by atoms with Crippen molar-refractivity contribution in [3.63, 3.8) is 0 Å². The number of hydrogen-bond donors (Lipinski definition) is 3. The van der Waals surface area contributed by atoms with E-state index in [-0.39, 0.29) is 61.3 Å². The predicted octanol–water partition coefficient (Wildman–Crippen LogP) is 3.98. The number of aldehydes is 1. The summed E-state index contributed by atoms with van der Waals surface area (Å²) in [6.45, 7) is 3.67. The number of halogens is 2. The maximum atomic E-state index is 13.9. The van der Waals surface area contributed by atoms with E-state index in [0.717, 1.165) is 12.8 Å². The van der Waals surface area contributed by atoms with Crippen LogP contribution in [0.2, 0.25) is 0 Å². The van der Waals surface area contributed by atoms with E-state index in [1.165, 1.54) is 31.4 Å². The maximum Gasteiger partial charge on any atom is 0.247 e. The van der Waals surface area contributed by atoms with Crippen molar-refractivity contribution in [1.82, 2.24) is 10.2 Å². The van der Waals surface area contributed by atoms with Gasteiger partial charge in [-0.25, -0.2) is 4.39 Å². The summed E-state index contributed by atoms with van der Waals surface area (Å²) < 4.78 is 26.2. The number of rotatable bonds is 16. The van der Waals surface area contributed by atoms with Gasteiger partial charge in [0.05, 0.1) is 23.3 Å². The zero-order chi connectivity index (χ0) is 31.4. The number of benzene rings is 2. The van der Waals surface area contributed by atoms with Crippen molar-refractivity contribution in [2.75, 3.05) is 26.8 Å². The molecule has 0 fully saturated rings. The van der Waals surface area contributed by atoms with Gasteiger partial charge in [-0.3, -0.25) is 14.4 Å². The van der Waals surface area contributed by atoms with Crippen molar-refractivity contribution in [2.45, 2.75) is 56.8 Å². The number of carbonyl (C=O) groups is 3. The molecule has 1 aliphatic carbocycles. The van der Waals surface area contributed by atoms with Crippen LogP contribution in [0.25, 0.3) is 0 Å². The van der Waals surface area contributed by atoms with E-state index in [2.05, 4.69) is 11.9 Å². The highest BCUT2D eigenvalue weighted by molar-refractivity contribution is 14.1. The molecule has 0 saturated carbocycles. The fraction of sp³-hybridized carbons (Fsp3) is 0.406. The van der Waals surface area contributed by atoms with Crippen LogP contribution in [0.15, 0.2) is 60.7 Å². The average molecular weight is 709 g/mol. The molecule has 2 aromatic rings. The fourth-order valence-corrected chi connectivity index (χ4v) is 5.72. The van der Waals surface area contributed by atoms with Gasteiger partial charge in [-0.2, -0.15) is 0 Å². The van der Waals surface area contributed by atoms with E-state index in [4.69, 9.17) is 9.47 Å². The molecule has 2 aromatic carbocycles. The summed E-state index contributed by atoms with van der Waals surface area (Å²) in [5, 5.41) is 23.6. The van der Waals surface area contributed by atoms with Gasteiger partial charge in [-0.1, -0.05) is 18.2 Å². The van der Waals surface area contributed by atoms with Crippen LogP contribution < -0.4 is 14.8 Å². The largest absolute Gasteiger partial charge is 0.493 e. The summed E-state index contributed by atoms with van der Waals surface area (Å²) in [5.74, 6) is -0.513. The number of aliphatic hydroxyl groups excluding tert-OH is 2. The Morgan fingerprint density at radius 2 is 2.05 bits per heavy atom. The van der Waals surface area contributed by atoms with Gasteiger partial charge in [0, 0.05) is 37.1 Å². The van der Waals surface area contributed by atoms with Crippen LogP contribution in [-0.2, 0) is 16.0 Å². The zero-order valence-electron chi connectivity index (χ0n) is 24.1. The third-order valence-corrected chi connectivity index (χ3v) is 7.96. The molecule has 9 nitrogen and oxygen atoms in total. The first-order valence-corrected chi connectivity index (χ1v) is 15.2. The van der Waals surface area contributed by atoms with Gasteiger partial charge < -0.3 is 29.9 Å². The molecule has 0 aromatic heterocycles. The quantitative estimate of drug-likeness (QED) is 0.104. The van der Waals surface area contributed by atoms with Gasteiger partial charge in [0.2, 0.25) is 11.8 Å². The lowest BCUT2D eigenvalue weighted by Crippen LogP contribution is -2.55. The number of amides is 2. The van der Waals surface area contributed by atoms with Crippen molar-refractivity contribution in [3.05, 3.63) is 81.2 Å². The molecule has 0 radical (unpaired) electrons. The second kappa shape index (κ2) is 17.1. The molecule has 11 heteroatoms. The minimum atomic E-state index is -1.25. The normalized spacial score (nSPS) is 17.9. The molecule has 43 heavy (non-hydrogen) atoms. The monoisotopic (exact) mass is 708 g/mol. The Bertz CT molecular complexity index is 1320. The van der Waals surface area contributed by atoms with Crippen LogP contribution in [0, 0.1) is 9.39 Å². The topological polar surface area (TPSA) is 125 Å². The van der Waals surface area contributed by atoms with Crippen LogP contribution in [0.5, 0.6) is 11.5 Å². The van der Waals surface area contributed by atoms with Gasteiger partial charge in [0.15, 0.2) is 11.5 Å². The summed E-state index contributed by atoms with van der Waals surface area (Å²) in [6, 6.07) is 8.39. The summed E-state index contributed by atoms with van der Waals surface area (Å²) >= 11 is 2.00. The molecule has 0 heterocycles. The van der Waals surface area contributed by atoms with E-state index in [0.29, 0.717) is 33.8 Å². The average Bonchev–Trinajstić information content (AvgIpc) is 3.00. The molecular formula is C32H38FIN2O7. The second-order valence-electron chi connectivity index (χ2n) is 10.2. The van der Waals surface area contributed by atoms with Crippen LogP contribution in [0.1, 0.15) is 48.0 Å². The SMILES string of the molecule is C=CCCCCC(=O)N(CCc1cccc(F)c1)[C@@H]1CC(C(=O)NCCO)=C[C@H](Oc2c(I)cc(C=O)cc2OC)[C@H]1O. The minimum Gasteiger partial charge on any atom is -0.493 e. The van der Waals surface area contributed by atoms with Gasteiger partial charge in [-0.15, -0.1) is 6.58 Å². The van der Waals surface area contributed by atoms with Gasteiger partial charge in [0.1, 0.15) is 24.3 Å². The number of aliphatic hydroxyl groups is 2. The number of allylic oxidation sites excluding steroid dienone is 1. The third kappa shape index (κ3) is 9.60. The summed E-state index contributed by atoms with van der Waals surface area (Å²) in [5.41, 5.74) is 1.34. The lowest BCUT2D eigenvalue weighted by molar-refractivity contribution is -0.138. The Balaban J connectivity index is 1.98. The first-order valence-electron chi connectivity index (χ1n) is 14.1. The molecule has 2 amide bonds. The van der Waals surface area contributed by atoms with Crippen molar-refractivity contribution in [1.29, 1.82) is 0 Å². The van der Waals surface area contributed by atoms with E-state index in [1.807, 2.05) is 22.6 Å². The number of ether oxygens (including phenoxy) is 2. The van der Waals surface area contributed by atoms with E-state index in [9.17, 15) is 29.0 Å². The van der Waals surface area contributed by atoms with E-state index < -0.39 is 24.2 Å². The van der Waals surface area contributed by atoms with Gasteiger partial charge in [-0.05, 0) is 84.2 Å². The highest BCUT2D eigenvalue weighted by Gasteiger charge is 2.40. The molecule has 0 spiro atoms. The minimum absolute atomic E-state index is 0.0271. The van der Waals surface area contributed by atoms with Crippen LogP contribution in [-0.4, -0.2) is 78.3 Å². The van der Waals surface area contributed by atoms with Crippen molar-refractivity contribution >= 4 is 40.7 Å². The maximum absolute atomic E-state index is 13.9. The van der Waals surface area contributed by atoms with Crippen LogP contribution in [0.3, 0.4) is 0 Å². The number of hydrogen-bond acceptors (Lipinski definition) is 7. The van der Waals surface area contributed by atoms with Crippen LogP contribution in [0.4, 0.5) is 4.39 Å². The van der Waals surface area contributed by atoms with Crippen LogP contribution >= 0.6 is 22.6 Å². The summed E-state index contributed by atoms with van der Waals surface area (Å²) in [7, 11) is 1.43. The molecule has 0 bridgehead atoms. The van der Waals surface area contributed by atoms with Crippen molar-refractivity contribution < 1.29 is 38.5 Å². The second-order valence-corrected chi connectivity index (χ2v) is 11.3. The molecule has 3 N–H and O–H groups in total. The zero-order valence-corrected chi connectivity index (χ0v) is 26.3. The van der Waals surface area contributed by atoms with Crippen molar-refractivity contribution in [2.24, 2.45) is 0 Å². The third-order valence-electron chi connectivity index (χ3n) is 7.16. The highest BCUT2D eigenvalue weighted by atomic mass is 127. The number of unbranched alkanes of at least 4 members (excludes halogenated alkanes) is 2. The number of nitrogens with zero attached hydrogens (tertiary/aromatic N) is 1. The first-order chi connectivity index (χ1) is 20.7. The van der Waals surface area contributed by atoms with E-state index in [1.54, 1.807) is 29.2 Å². The fourth-order valence-electron chi connectivity index (χ4n) is 4.96. The van der Waals surface area contributed by atoms with Gasteiger partial charge >= 0.3 is 0 Å². The molecule has 0 aliphatic heterocycles. The van der Waals surface area contributed by atoms with E-state index >= 15 is 0 Å². The Hall–Kier alpha value is -3.29. The molecular weight excluding hydrogens is 670 g/mol. The lowest BCUT2D eigenvalue weighted by Gasteiger charge is -2.41. The number of nitrogens with one attached hydrogen (secondary N) is 1. The highest BCUT2D eigenvalue weighted by Crippen LogP contribution is 2.37. The molecule has 1 aliphatic rings. The summed E-state index contributed by atoms with van der Waals surface area (Å²) in [4.78, 5) is 39.7. The smallest absolute Gasteiger partial charge is 0.247 e. The number of methoxy groups -OCH3 is 1.